The van der Waals surface area contributed by atoms with E-state index in [9.17, 15) is 9.59 Å². The number of benzene rings is 1. The van der Waals surface area contributed by atoms with Crippen molar-refractivity contribution >= 4 is 67.0 Å². The zero-order chi connectivity index (χ0) is 9.14. The Kier molecular flexibility index (Phi) is 8.51. The van der Waals surface area contributed by atoms with E-state index in [0.717, 1.165) is 0 Å². The Labute approximate surface area is 124 Å². The van der Waals surface area contributed by atoms with Crippen LogP contribution in [0.5, 0.6) is 0 Å². The van der Waals surface area contributed by atoms with Crippen LogP contribution in [0.4, 0.5) is 0 Å². The Bertz CT molecular complexity index is 298. The van der Waals surface area contributed by atoms with Gasteiger partial charge in [0.15, 0.2) is 17.4 Å². The predicted octanol–water partition coefficient (Wildman–Crippen LogP) is -0.257. The molecule has 0 aliphatic heterocycles. The smallest absolute Gasteiger partial charge is 1.00 e. The van der Waals surface area contributed by atoms with Crippen molar-refractivity contribution in [3.8, 4) is 0 Å². The Hall–Kier alpha value is -0.0478. The third kappa shape index (κ3) is 4.45. The zero-order valence-corrected chi connectivity index (χ0v) is 8.94. The largest absolute Gasteiger partial charge is 2.00 e. The van der Waals surface area contributed by atoms with E-state index >= 15 is 0 Å². The maximum atomic E-state index is 10.3. The summed E-state index contributed by atoms with van der Waals surface area (Å²) in [5.74, 6) is -2.13. The first-order valence-electron chi connectivity index (χ1n) is 3.18. The van der Waals surface area contributed by atoms with Gasteiger partial charge in [0.2, 0.25) is 0 Å². The van der Waals surface area contributed by atoms with Gasteiger partial charge in [0.1, 0.15) is 0 Å². The van der Waals surface area contributed by atoms with Crippen molar-refractivity contribution in [1.29, 1.82) is 0 Å². The summed E-state index contributed by atoms with van der Waals surface area (Å²) in [7, 11) is 0. The first kappa shape index (κ1) is 16.4. The molecule has 0 amide bonds. The van der Waals surface area contributed by atoms with Gasteiger partial charge in [0, 0.05) is 0 Å². The molecule has 0 aliphatic carbocycles. The van der Waals surface area contributed by atoms with Crippen molar-refractivity contribution in [3.63, 3.8) is 0 Å². The number of aromatic carboxylic acids is 2. The van der Waals surface area contributed by atoms with Crippen molar-refractivity contribution in [3.05, 3.63) is 35.4 Å². The molecule has 72 valence electrons. The molecule has 14 heavy (non-hydrogen) atoms. The molecule has 0 saturated heterocycles. The Balaban J connectivity index is -0.000000180. The van der Waals surface area contributed by atoms with Crippen molar-refractivity contribution in [2.24, 2.45) is 0 Å². The average molecular weight is 238 g/mol. The maximum absolute atomic E-state index is 10.3. The van der Waals surface area contributed by atoms with E-state index in [4.69, 9.17) is 10.2 Å². The second-order valence-electron chi connectivity index (χ2n) is 2.19. The molecule has 2 N–H and O–H groups in total. The number of hydrogen-bond acceptors (Lipinski definition) is 2. The molecule has 0 bridgehead atoms. The minimum Gasteiger partial charge on any atom is -1.00 e. The van der Waals surface area contributed by atoms with Gasteiger partial charge < -0.3 is 13.1 Å². The molecular formula is C8H11AlCaO4. The summed E-state index contributed by atoms with van der Waals surface area (Å²) < 4.78 is 0. The van der Waals surface area contributed by atoms with Gasteiger partial charge in [-0.3, -0.25) is 0 Å². The second-order valence-corrected chi connectivity index (χ2v) is 2.19. The van der Waals surface area contributed by atoms with Crippen LogP contribution in [-0.4, -0.2) is 77.3 Å². The van der Waals surface area contributed by atoms with Crippen LogP contribution in [0.2, 0.25) is 0 Å². The van der Waals surface area contributed by atoms with Gasteiger partial charge in [-0.2, -0.15) is 0 Å². The Morgan fingerprint density at radius 1 is 0.929 bits per heavy atom. The fourth-order valence-electron chi connectivity index (χ4n) is 0.755. The number of carbonyl (C=O) groups is 2. The molecule has 4 nitrogen and oxygen atoms in total. The van der Waals surface area contributed by atoms with Gasteiger partial charge in [0.25, 0.3) is 0 Å². The van der Waals surface area contributed by atoms with Gasteiger partial charge >= 0.3 is 49.7 Å². The van der Waals surface area contributed by atoms with Crippen molar-refractivity contribution in [2.45, 2.75) is 0 Å². The molecule has 0 unspecified atom stereocenters. The van der Waals surface area contributed by atoms with Gasteiger partial charge in [-0.15, -0.1) is 0 Å². The number of hydrogen-bond donors (Lipinski definition) is 2. The van der Waals surface area contributed by atoms with Crippen molar-refractivity contribution in [2.75, 3.05) is 0 Å². The second kappa shape index (κ2) is 7.27. The molecule has 1 rings (SSSR count). The SMILES string of the molecule is O=C(O)c1ccc(C(=O)O)cc1.[AlH3].[Ca+2].[H-].[H-]. The number of carboxylic acids is 2. The topological polar surface area (TPSA) is 74.6 Å². The summed E-state index contributed by atoms with van der Waals surface area (Å²) in [5, 5.41) is 16.9. The molecule has 0 saturated carbocycles. The molecule has 0 aliphatic rings. The summed E-state index contributed by atoms with van der Waals surface area (Å²) in [6.45, 7) is 0. The van der Waals surface area contributed by atoms with Crippen LogP contribution >= 0.6 is 0 Å². The molecule has 0 atom stereocenters. The van der Waals surface area contributed by atoms with E-state index in [1.54, 1.807) is 0 Å². The average Bonchev–Trinajstić information content (AvgIpc) is 2.04. The van der Waals surface area contributed by atoms with Crippen LogP contribution in [0.1, 0.15) is 23.6 Å². The van der Waals surface area contributed by atoms with Crippen LogP contribution < -0.4 is 0 Å². The van der Waals surface area contributed by atoms with Gasteiger partial charge in [-0.05, 0) is 24.3 Å². The van der Waals surface area contributed by atoms with Gasteiger partial charge in [-0.1, -0.05) is 0 Å². The summed E-state index contributed by atoms with van der Waals surface area (Å²) in [6.07, 6.45) is 0. The van der Waals surface area contributed by atoms with Crippen molar-refractivity contribution < 1.29 is 22.7 Å². The predicted molar refractivity (Wildman–Crippen MR) is 58.3 cm³/mol. The first-order valence-corrected chi connectivity index (χ1v) is 3.18. The quantitative estimate of drug-likeness (QED) is 0.696. The van der Waals surface area contributed by atoms with E-state index in [1.165, 1.54) is 24.3 Å². The van der Waals surface area contributed by atoms with E-state index in [2.05, 4.69) is 0 Å². The molecule has 0 aromatic heterocycles. The minimum atomic E-state index is -1.06. The van der Waals surface area contributed by atoms with Gasteiger partial charge in [-0.25, -0.2) is 9.59 Å². The zero-order valence-electron chi connectivity index (χ0n) is 8.73. The number of carboxylic acid groups (broad SMARTS) is 2. The van der Waals surface area contributed by atoms with E-state index in [-0.39, 0.29) is 69.1 Å². The summed E-state index contributed by atoms with van der Waals surface area (Å²) in [5.41, 5.74) is 0.167. The van der Waals surface area contributed by atoms with E-state index in [1.807, 2.05) is 0 Å². The molecule has 1 aromatic carbocycles. The maximum Gasteiger partial charge on any atom is 2.00 e. The molecule has 6 heteroatoms. The third-order valence-corrected chi connectivity index (χ3v) is 1.38. The fourth-order valence-corrected chi connectivity index (χ4v) is 0.755. The van der Waals surface area contributed by atoms with Crippen LogP contribution in [0.3, 0.4) is 0 Å². The fraction of sp³-hybridized carbons (Fsp3) is 0. The Morgan fingerprint density at radius 3 is 1.29 bits per heavy atom. The summed E-state index contributed by atoms with van der Waals surface area (Å²) >= 11 is 0. The monoisotopic (exact) mass is 238 g/mol. The van der Waals surface area contributed by atoms with Crippen LogP contribution in [0, 0.1) is 0 Å². The molecule has 1 aromatic rings. The molecule has 0 radical (unpaired) electrons. The van der Waals surface area contributed by atoms with Crippen LogP contribution in [0.15, 0.2) is 24.3 Å². The standard InChI is InChI=1S/C8H6O4.Al.Ca.5H/c9-7(10)5-1-2-6(4-3-5)8(11)12;;;;;;;/h1-4H,(H,9,10)(H,11,12);;;;;;;/q;;+2;;;;2*-1. The van der Waals surface area contributed by atoms with Crippen LogP contribution in [0.25, 0.3) is 0 Å². The molecule has 0 spiro atoms. The first-order chi connectivity index (χ1) is 5.61. The molecule has 0 fully saturated rings. The minimum absolute atomic E-state index is 0. The normalized spacial score (nSPS) is 8.00. The third-order valence-electron chi connectivity index (χ3n) is 1.38. The van der Waals surface area contributed by atoms with E-state index < -0.39 is 11.9 Å². The van der Waals surface area contributed by atoms with Crippen molar-refractivity contribution in [1.82, 2.24) is 0 Å². The summed E-state index contributed by atoms with van der Waals surface area (Å²) in [6, 6.07) is 5.02. The van der Waals surface area contributed by atoms with E-state index in [0.29, 0.717) is 0 Å². The molecular weight excluding hydrogens is 227 g/mol. The summed E-state index contributed by atoms with van der Waals surface area (Å²) in [4.78, 5) is 20.7. The Morgan fingerprint density at radius 2 is 1.14 bits per heavy atom. The number of rotatable bonds is 2. The van der Waals surface area contributed by atoms with Crippen LogP contribution in [-0.2, 0) is 0 Å². The molecule has 0 heterocycles. The van der Waals surface area contributed by atoms with Gasteiger partial charge in [0.05, 0.1) is 11.1 Å².